The topological polar surface area (TPSA) is 50.9 Å². The molecule has 1 aromatic heterocycles. The van der Waals surface area contributed by atoms with Crippen molar-refractivity contribution in [2.45, 2.75) is 20.8 Å². The second kappa shape index (κ2) is 5.36. The van der Waals surface area contributed by atoms with Crippen molar-refractivity contribution in [1.29, 1.82) is 0 Å². The van der Waals surface area contributed by atoms with E-state index in [-0.39, 0.29) is 0 Å². The van der Waals surface area contributed by atoms with Gasteiger partial charge < -0.3 is 11.1 Å². The number of benzene rings is 1. The molecule has 0 atom stereocenters. The van der Waals surface area contributed by atoms with Crippen molar-refractivity contribution in [3.8, 4) is 0 Å². The van der Waals surface area contributed by atoms with E-state index in [0.717, 1.165) is 11.3 Å². The molecule has 0 aliphatic heterocycles. The van der Waals surface area contributed by atoms with Crippen LogP contribution in [0.25, 0.3) is 0 Å². The SMILES string of the molecule is Cc1cc(C)c(Nc2ncccc2C(N)=S)c(C)c1. The van der Waals surface area contributed by atoms with Crippen molar-refractivity contribution in [2.75, 3.05) is 5.32 Å². The van der Waals surface area contributed by atoms with Crippen LogP contribution in [0.15, 0.2) is 30.5 Å². The van der Waals surface area contributed by atoms with Gasteiger partial charge in [-0.3, -0.25) is 0 Å². The average molecular weight is 271 g/mol. The lowest BCUT2D eigenvalue weighted by molar-refractivity contribution is 1.26. The van der Waals surface area contributed by atoms with E-state index in [0.29, 0.717) is 10.8 Å². The molecule has 0 bridgehead atoms. The number of pyridine rings is 1. The molecule has 19 heavy (non-hydrogen) atoms. The van der Waals surface area contributed by atoms with Crippen LogP contribution in [0.1, 0.15) is 22.3 Å². The van der Waals surface area contributed by atoms with E-state index in [1.807, 2.05) is 12.1 Å². The van der Waals surface area contributed by atoms with Crippen molar-refractivity contribution in [3.63, 3.8) is 0 Å². The Hall–Kier alpha value is -1.94. The predicted octanol–water partition coefficient (Wildman–Crippen LogP) is 3.38. The summed E-state index contributed by atoms with van der Waals surface area (Å²) < 4.78 is 0. The Labute approximate surface area is 118 Å². The minimum absolute atomic E-state index is 0.345. The van der Waals surface area contributed by atoms with E-state index in [2.05, 4.69) is 43.2 Å². The third-order valence-electron chi connectivity index (χ3n) is 2.99. The van der Waals surface area contributed by atoms with Crippen LogP contribution in [0.4, 0.5) is 11.5 Å². The first-order chi connectivity index (χ1) is 8.99. The quantitative estimate of drug-likeness (QED) is 0.840. The zero-order valence-electron chi connectivity index (χ0n) is 11.3. The first-order valence-corrected chi connectivity index (χ1v) is 6.49. The number of anilines is 2. The molecule has 0 fully saturated rings. The summed E-state index contributed by atoms with van der Waals surface area (Å²) in [6.07, 6.45) is 1.73. The van der Waals surface area contributed by atoms with E-state index in [1.54, 1.807) is 6.20 Å². The van der Waals surface area contributed by atoms with Gasteiger partial charge in [0.05, 0.1) is 5.56 Å². The van der Waals surface area contributed by atoms with Gasteiger partial charge in [-0.1, -0.05) is 29.9 Å². The molecule has 0 amide bonds. The number of nitrogens with zero attached hydrogens (tertiary/aromatic N) is 1. The van der Waals surface area contributed by atoms with Crippen LogP contribution in [0, 0.1) is 20.8 Å². The van der Waals surface area contributed by atoms with E-state index < -0.39 is 0 Å². The van der Waals surface area contributed by atoms with Gasteiger partial charge >= 0.3 is 0 Å². The minimum Gasteiger partial charge on any atom is -0.389 e. The number of aromatic nitrogens is 1. The zero-order valence-corrected chi connectivity index (χ0v) is 12.1. The highest BCUT2D eigenvalue weighted by Gasteiger charge is 2.09. The van der Waals surface area contributed by atoms with Gasteiger partial charge in [0.25, 0.3) is 0 Å². The monoisotopic (exact) mass is 271 g/mol. The number of rotatable bonds is 3. The summed E-state index contributed by atoms with van der Waals surface area (Å²) in [5, 5.41) is 3.34. The van der Waals surface area contributed by atoms with E-state index >= 15 is 0 Å². The highest BCUT2D eigenvalue weighted by atomic mass is 32.1. The zero-order chi connectivity index (χ0) is 14.0. The Morgan fingerprint density at radius 3 is 2.42 bits per heavy atom. The maximum absolute atomic E-state index is 5.72. The fraction of sp³-hybridized carbons (Fsp3) is 0.200. The van der Waals surface area contributed by atoms with Gasteiger partial charge in [-0.25, -0.2) is 4.98 Å². The second-order valence-electron chi connectivity index (χ2n) is 4.66. The Bertz CT molecular complexity index is 612. The summed E-state index contributed by atoms with van der Waals surface area (Å²) in [5.41, 5.74) is 11.1. The van der Waals surface area contributed by atoms with Gasteiger partial charge in [-0.2, -0.15) is 0 Å². The van der Waals surface area contributed by atoms with E-state index in [9.17, 15) is 0 Å². The third kappa shape index (κ3) is 2.90. The number of hydrogen-bond acceptors (Lipinski definition) is 3. The molecule has 1 aromatic carbocycles. The van der Waals surface area contributed by atoms with E-state index in [1.165, 1.54) is 16.7 Å². The molecule has 98 valence electrons. The van der Waals surface area contributed by atoms with Gasteiger partial charge in [0.15, 0.2) is 0 Å². The molecule has 1 heterocycles. The fourth-order valence-electron chi connectivity index (χ4n) is 2.20. The summed E-state index contributed by atoms with van der Waals surface area (Å²) in [4.78, 5) is 4.67. The molecule has 0 radical (unpaired) electrons. The van der Waals surface area contributed by atoms with Crippen molar-refractivity contribution >= 4 is 28.7 Å². The lowest BCUT2D eigenvalue weighted by Crippen LogP contribution is -2.13. The molecule has 0 saturated heterocycles. The molecule has 2 rings (SSSR count). The van der Waals surface area contributed by atoms with Crippen molar-refractivity contribution in [1.82, 2.24) is 4.98 Å². The van der Waals surface area contributed by atoms with Crippen LogP contribution in [-0.4, -0.2) is 9.97 Å². The van der Waals surface area contributed by atoms with E-state index in [4.69, 9.17) is 18.0 Å². The lowest BCUT2D eigenvalue weighted by atomic mass is 10.0. The van der Waals surface area contributed by atoms with Crippen LogP contribution in [0.3, 0.4) is 0 Å². The van der Waals surface area contributed by atoms with Gasteiger partial charge in [0, 0.05) is 11.9 Å². The third-order valence-corrected chi connectivity index (χ3v) is 3.21. The predicted molar refractivity (Wildman–Crippen MR) is 84.1 cm³/mol. The number of hydrogen-bond donors (Lipinski definition) is 2. The Balaban J connectivity index is 2.45. The van der Waals surface area contributed by atoms with Crippen LogP contribution in [-0.2, 0) is 0 Å². The summed E-state index contributed by atoms with van der Waals surface area (Å²) >= 11 is 5.05. The lowest BCUT2D eigenvalue weighted by Gasteiger charge is -2.15. The molecule has 3 N–H and O–H groups in total. The maximum Gasteiger partial charge on any atom is 0.140 e. The molecule has 0 spiro atoms. The van der Waals surface area contributed by atoms with Crippen molar-refractivity contribution in [2.24, 2.45) is 5.73 Å². The highest BCUT2D eigenvalue weighted by molar-refractivity contribution is 7.80. The molecule has 0 saturated carbocycles. The molecule has 0 unspecified atom stereocenters. The normalized spacial score (nSPS) is 10.3. The molecular weight excluding hydrogens is 254 g/mol. The molecule has 0 aliphatic rings. The molecule has 4 heteroatoms. The van der Waals surface area contributed by atoms with Gasteiger partial charge in [0.2, 0.25) is 0 Å². The highest BCUT2D eigenvalue weighted by Crippen LogP contribution is 2.26. The summed E-state index contributed by atoms with van der Waals surface area (Å²) in [7, 11) is 0. The maximum atomic E-state index is 5.72. The smallest absolute Gasteiger partial charge is 0.140 e. The average Bonchev–Trinajstić information content (AvgIpc) is 2.34. The fourth-order valence-corrected chi connectivity index (χ4v) is 2.36. The second-order valence-corrected chi connectivity index (χ2v) is 5.10. The summed E-state index contributed by atoms with van der Waals surface area (Å²) in [5.74, 6) is 0.699. The van der Waals surface area contributed by atoms with Crippen LogP contribution in [0.2, 0.25) is 0 Å². The number of aryl methyl sites for hydroxylation is 3. The first kappa shape index (κ1) is 13.5. The molecular formula is C15H17N3S. The first-order valence-electron chi connectivity index (χ1n) is 6.08. The summed E-state index contributed by atoms with van der Waals surface area (Å²) in [6, 6.07) is 7.97. The Kier molecular flexibility index (Phi) is 3.81. The van der Waals surface area contributed by atoms with Crippen LogP contribution < -0.4 is 11.1 Å². The molecule has 2 aromatic rings. The largest absolute Gasteiger partial charge is 0.389 e. The standard InChI is InChI=1S/C15H17N3S/c1-9-7-10(2)13(11(3)8-9)18-15-12(14(16)19)5-4-6-17-15/h4-8H,1-3H3,(H2,16,19)(H,17,18). The Morgan fingerprint density at radius 1 is 1.21 bits per heavy atom. The number of thiocarbonyl (C=S) groups is 1. The van der Waals surface area contributed by atoms with Crippen molar-refractivity contribution in [3.05, 3.63) is 52.7 Å². The number of nitrogens with one attached hydrogen (secondary N) is 1. The van der Waals surface area contributed by atoms with Crippen LogP contribution in [0.5, 0.6) is 0 Å². The summed E-state index contributed by atoms with van der Waals surface area (Å²) in [6.45, 7) is 6.24. The minimum atomic E-state index is 0.345. The van der Waals surface area contributed by atoms with Crippen molar-refractivity contribution < 1.29 is 0 Å². The molecule has 3 nitrogen and oxygen atoms in total. The molecule has 0 aliphatic carbocycles. The van der Waals surface area contributed by atoms with Gasteiger partial charge in [0.1, 0.15) is 10.8 Å². The van der Waals surface area contributed by atoms with Gasteiger partial charge in [-0.05, 0) is 44.0 Å². The number of nitrogens with two attached hydrogens (primary N) is 1. The van der Waals surface area contributed by atoms with Crippen LogP contribution >= 0.6 is 12.2 Å². The Morgan fingerprint density at radius 2 is 1.84 bits per heavy atom. The van der Waals surface area contributed by atoms with Gasteiger partial charge in [-0.15, -0.1) is 0 Å².